The van der Waals surface area contributed by atoms with E-state index in [-0.39, 0.29) is 93.3 Å². The predicted molar refractivity (Wildman–Crippen MR) is 316 cm³/mol. The third-order valence-electron chi connectivity index (χ3n) is 14.6. The van der Waals surface area contributed by atoms with Gasteiger partial charge in [0.15, 0.2) is 0 Å². The molecule has 0 saturated carbocycles. The van der Waals surface area contributed by atoms with Gasteiger partial charge in [-0.3, -0.25) is 0 Å². The summed E-state index contributed by atoms with van der Waals surface area (Å²) < 4.78 is 69.4. The van der Waals surface area contributed by atoms with Crippen LogP contribution in [0.25, 0.3) is 0 Å². The van der Waals surface area contributed by atoms with Gasteiger partial charge in [0, 0.05) is 35.8 Å². The first-order valence-corrected chi connectivity index (χ1v) is 32.6. The molecule has 17 heteroatoms. The minimum Gasteiger partial charge on any atom is -0.396 e. The normalized spacial score (nSPS) is 22.9. The molecule has 446 valence electrons. The monoisotopic (exact) mass is 1150 g/mol. The summed E-state index contributed by atoms with van der Waals surface area (Å²) in [6.07, 6.45) is 7.16. The van der Waals surface area contributed by atoms with Gasteiger partial charge < -0.3 is 72.5 Å². The van der Waals surface area contributed by atoms with E-state index in [1.165, 1.54) is 22.3 Å². The molecule has 4 aromatic carbocycles. The van der Waals surface area contributed by atoms with Gasteiger partial charge in [0.05, 0.1) is 157 Å². The first-order valence-electron chi connectivity index (χ1n) is 29.3. The van der Waals surface area contributed by atoms with Gasteiger partial charge in [0.1, 0.15) is 0 Å². The van der Waals surface area contributed by atoms with Gasteiger partial charge in [0.25, 0.3) is 0 Å². The maximum Gasteiger partial charge on any atom is 0.0914 e. The molecular formula is C63H94O15P2. The molecular weight excluding hydrogens is 1060 g/mol. The van der Waals surface area contributed by atoms with Crippen LogP contribution in [0.15, 0.2) is 121 Å². The lowest BCUT2D eigenvalue weighted by molar-refractivity contribution is -0.0909. The quantitative estimate of drug-likeness (QED) is 0.0257. The maximum atomic E-state index is 9.34. The van der Waals surface area contributed by atoms with Crippen LogP contribution in [0.1, 0.15) is 41.5 Å². The zero-order valence-corrected chi connectivity index (χ0v) is 49.0. The number of ether oxygens (including phenoxy) is 11. The molecule has 80 heavy (non-hydrogen) atoms. The molecule has 4 N–H and O–H groups in total. The Bertz CT molecular complexity index is 1780. The number of benzene rings is 4. The van der Waals surface area contributed by atoms with E-state index in [9.17, 15) is 20.4 Å². The molecule has 0 radical (unpaired) electrons. The lowest BCUT2D eigenvalue weighted by atomic mass is 9.98. The Balaban J connectivity index is 1.36. The van der Waals surface area contributed by atoms with Gasteiger partial charge in [0.2, 0.25) is 0 Å². The van der Waals surface area contributed by atoms with Crippen LogP contribution in [0.5, 0.6) is 0 Å². The summed E-state index contributed by atoms with van der Waals surface area (Å²) in [6, 6.07) is 43.4. The molecule has 0 aliphatic carbocycles. The van der Waals surface area contributed by atoms with Gasteiger partial charge in [-0.15, -0.1) is 0 Å². The molecule has 15 nitrogen and oxygen atoms in total. The third kappa shape index (κ3) is 24.4. The number of unbranched alkanes of at least 4 members (excludes halogenated alkanes) is 2. The van der Waals surface area contributed by atoms with Crippen molar-refractivity contribution < 1.29 is 72.5 Å². The van der Waals surface area contributed by atoms with Gasteiger partial charge in [-0.1, -0.05) is 137 Å². The van der Waals surface area contributed by atoms with Crippen LogP contribution < -0.4 is 0 Å². The van der Waals surface area contributed by atoms with Gasteiger partial charge in [-0.25, -0.2) is 0 Å². The van der Waals surface area contributed by atoms with Crippen molar-refractivity contribution in [1.29, 1.82) is 0 Å². The summed E-state index contributed by atoms with van der Waals surface area (Å²) in [4.78, 5) is 0. The van der Waals surface area contributed by atoms with Crippen LogP contribution in [-0.2, 0) is 77.8 Å². The van der Waals surface area contributed by atoms with E-state index in [2.05, 4.69) is 121 Å². The SMILES string of the molecule is OCCCCCOCCO[C@@H]1[C@@H](OCCOCCOCCO)[C@@H](Cc2ccccc2)P(CCP2[C@H](Cc3ccccc3)[C@H](OCCOCCOCCO)[C@@H](OCCOCCOCCO)[C@H]2Cc2ccccc2)[C@@H]1Cc1ccccc1. The highest BCUT2D eigenvalue weighted by atomic mass is 31.1. The van der Waals surface area contributed by atoms with Crippen molar-refractivity contribution in [3.8, 4) is 0 Å². The summed E-state index contributed by atoms with van der Waals surface area (Å²) in [5.41, 5.74) is 5.79. The third-order valence-corrected chi connectivity index (χ3v) is 21.7. The maximum absolute atomic E-state index is 9.34. The summed E-state index contributed by atoms with van der Waals surface area (Å²) >= 11 is 0. The van der Waals surface area contributed by atoms with E-state index in [1.807, 2.05) is 0 Å². The van der Waals surface area contributed by atoms with Crippen molar-refractivity contribution in [1.82, 2.24) is 0 Å². The molecule has 0 amide bonds. The molecule has 9 atom stereocenters. The molecule has 0 spiro atoms. The second-order valence-corrected chi connectivity index (χ2v) is 25.7. The van der Waals surface area contributed by atoms with Crippen LogP contribution in [0.4, 0.5) is 0 Å². The second-order valence-electron chi connectivity index (χ2n) is 20.1. The van der Waals surface area contributed by atoms with E-state index >= 15 is 0 Å². The van der Waals surface area contributed by atoms with Crippen molar-refractivity contribution in [2.45, 2.75) is 92.0 Å². The Morgan fingerprint density at radius 2 is 0.512 bits per heavy atom. The smallest absolute Gasteiger partial charge is 0.0914 e. The fraction of sp³-hybridized carbons (Fsp3) is 0.619. The number of aliphatic hydroxyl groups excluding tert-OH is 4. The Hall–Kier alpha value is -2.86. The summed E-state index contributed by atoms with van der Waals surface area (Å²) in [5.74, 6) is 0. The fourth-order valence-electron chi connectivity index (χ4n) is 10.9. The number of hydrogen-bond acceptors (Lipinski definition) is 15. The Kier molecular flexibility index (Phi) is 34.8. The lowest BCUT2D eigenvalue weighted by Crippen LogP contribution is -2.40. The molecule has 2 fully saturated rings. The van der Waals surface area contributed by atoms with Crippen LogP contribution in [0, 0.1) is 0 Å². The molecule has 0 bridgehead atoms. The minimum atomic E-state index is -0.781. The number of aliphatic hydroxyl groups is 4. The van der Waals surface area contributed by atoms with Crippen LogP contribution in [0.2, 0.25) is 0 Å². The topological polar surface area (TPSA) is 182 Å². The molecule has 6 rings (SSSR count). The summed E-state index contributed by atoms with van der Waals surface area (Å²) in [6.45, 7) is 7.29. The van der Waals surface area contributed by atoms with Crippen molar-refractivity contribution in [3.05, 3.63) is 144 Å². The summed E-state index contributed by atoms with van der Waals surface area (Å²) in [7, 11) is -1.55. The van der Waals surface area contributed by atoms with E-state index in [0.29, 0.717) is 99.1 Å². The highest BCUT2D eigenvalue weighted by Crippen LogP contribution is 2.65. The highest BCUT2D eigenvalue weighted by Gasteiger charge is 2.54. The number of hydrogen-bond donors (Lipinski definition) is 4. The first kappa shape index (κ1) is 66.3. The highest BCUT2D eigenvalue weighted by molar-refractivity contribution is 7.63. The predicted octanol–water partition coefficient (Wildman–Crippen LogP) is 7.22. The largest absolute Gasteiger partial charge is 0.396 e. The molecule has 4 aromatic rings. The molecule has 2 aliphatic rings. The van der Waals surface area contributed by atoms with Crippen molar-refractivity contribution in [2.24, 2.45) is 0 Å². The Morgan fingerprint density at radius 3 is 0.775 bits per heavy atom. The fourth-order valence-corrected chi connectivity index (χ4v) is 19.4. The molecule has 2 aliphatic heterocycles. The van der Waals surface area contributed by atoms with Crippen LogP contribution >= 0.6 is 15.8 Å². The zero-order chi connectivity index (χ0) is 55.9. The van der Waals surface area contributed by atoms with E-state index < -0.39 is 15.8 Å². The summed E-state index contributed by atoms with van der Waals surface area (Å²) in [5, 5.41) is 37.0. The van der Waals surface area contributed by atoms with Gasteiger partial charge in [-0.05, 0) is 79.5 Å². The molecule has 1 unspecified atom stereocenters. The Morgan fingerprint density at radius 1 is 0.263 bits per heavy atom. The van der Waals surface area contributed by atoms with Crippen molar-refractivity contribution in [3.63, 3.8) is 0 Å². The van der Waals surface area contributed by atoms with Crippen molar-refractivity contribution in [2.75, 3.05) is 158 Å². The Labute approximate surface area is 479 Å². The average Bonchev–Trinajstić information content (AvgIpc) is 4.03. The average molecular weight is 1150 g/mol. The van der Waals surface area contributed by atoms with E-state index in [0.717, 1.165) is 57.3 Å². The standard InChI is InChI=1S/C63H94O15P2/c64-24-14-5-15-28-68-38-42-75-60-56(48-52-16-6-1-7-17-52)79(57(49-53-18-8-2-9-19-53)61(60)76-43-39-72-35-32-69-29-25-65)46-47-80-58(50-54-20-10-3-11-21-54)62(77-44-40-73-36-33-70-30-26-66)63(59(80)51-55-22-12-4-13-23-55)78-45-41-74-37-34-71-31-27-67/h1-4,6-13,16-23,56-67H,5,14-15,24-51H2/t56-,57-,58-,59-,60+,61+,62+,63+,79?/m1/s1. The lowest BCUT2D eigenvalue weighted by Gasteiger charge is -2.32. The molecule has 2 saturated heterocycles. The van der Waals surface area contributed by atoms with Gasteiger partial charge >= 0.3 is 0 Å². The first-order chi connectivity index (χ1) is 39.6. The van der Waals surface area contributed by atoms with E-state index in [1.54, 1.807) is 0 Å². The molecule has 0 aromatic heterocycles. The minimum absolute atomic E-state index is 0.0255. The number of rotatable bonds is 47. The second kappa shape index (κ2) is 42.0. The molecule has 2 heterocycles. The van der Waals surface area contributed by atoms with Gasteiger partial charge in [-0.2, -0.15) is 0 Å². The van der Waals surface area contributed by atoms with Crippen LogP contribution in [-0.4, -0.2) is 225 Å². The van der Waals surface area contributed by atoms with Crippen molar-refractivity contribution >= 4 is 15.8 Å². The van der Waals surface area contributed by atoms with Crippen LogP contribution in [0.3, 0.4) is 0 Å². The van der Waals surface area contributed by atoms with E-state index in [4.69, 9.17) is 52.1 Å². The zero-order valence-electron chi connectivity index (χ0n) is 47.3.